The Kier molecular flexibility index (Phi) is 6.88. The molecule has 0 aromatic heterocycles. The number of anilines is 1. The second kappa shape index (κ2) is 9.33. The van der Waals surface area contributed by atoms with Gasteiger partial charge in [0.2, 0.25) is 5.91 Å². The second-order valence-electron chi connectivity index (χ2n) is 6.05. The molecule has 0 aliphatic carbocycles. The van der Waals surface area contributed by atoms with Gasteiger partial charge in [0.25, 0.3) is 5.91 Å². The number of hydrogen-bond donors (Lipinski definition) is 2. The Morgan fingerprint density at radius 2 is 1.63 bits per heavy atom. The van der Waals surface area contributed by atoms with Crippen molar-refractivity contribution in [3.63, 3.8) is 0 Å². The van der Waals surface area contributed by atoms with Gasteiger partial charge in [0.15, 0.2) is 6.10 Å². The predicted octanol–water partition coefficient (Wildman–Crippen LogP) is 3.04. The first-order valence-corrected chi connectivity index (χ1v) is 8.48. The van der Waals surface area contributed by atoms with Gasteiger partial charge in [-0.2, -0.15) is 0 Å². The number of esters is 1. The van der Waals surface area contributed by atoms with Gasteiger partial charge in [0.05, 0.1) is 0 Å². The highest BCUT2D eigenvalue weighted by molar-refractivity contribution is 6.00. The molecule has 0 fully saturated rings. The number of aryl methyl sites for hydroxylation is 1. The van der Waals surface area contributed by atoms with E-state index < -0.39 is 23.9 Å². The molecule has 140 valence electrons. The fourth-order valence-electron chi connectivity index (χ4n) is 2.21. The highest BCUT2D eigenvalue weighted by atomic mass is 16.5. The van der Waals surface area contributed by atoms with Gasteiger partial charge in [-0.3, -0.25) is 9.59 Å². The Balaban J connectivity index is 2.06. The Hall–Kier alpha value is -3.41. The van der Waals surface area contributed by atoms with Crippen molar-refractivity contribution in [1.82, 2.24) is 5.32 Å². The quantitative estimate of drug-likeness (QED) is 0.608. The van der Waals surface area contributed by atoms with Gasteiger partial charge in [-0.25, -0.2) is 4.79 Å². The summed E-state index contributed by atoms with van der Waals surface area (Å²) in [6, 6.07) is 16.3. The number of carbonyl (C=O) groups excluding carboxylic acids is 3. The molecular formula is C21H22N2O4. The molecule has 6 heteroatoms. The van der Waals surface area contributed by atoms with Gasteiger partial charge in [-0.15, -0.1) is 0 Å². The molecule has 0 aliphatic rings. The predicted molar refractivity (Wildman–Crippen MR) is 104 cm³/mol. The van der Waals surface area contributed by atoms with Crippen LogP contribution in [0.5, 0.6) is 0 Å². The molecule has 6 nitrogen and oxygen atoms in total. The monoisotopic (exact) mass is 366 g/mol. The van der Waals surface area contributed by atoms with E-state index in [0.29, 0.717) is 5.69 Å². The molecule has 0 bridgehead atoms. The van der Waals surface area contributed by atoms with E-state index in [2.05, 4.69) is 10.6 Å². The van der Waals surface area contributed by atoms with E-state index in [-0.39, 0.29) is 5.70 Å². The molecule has 0 radical (unpaired) electrons. The summed E-state index contributed by atoms with van der Waals surface area (Å²) in [5, 5.41) is 5.12. The van der Waals surface area contributed by atoms with E-state index in [4.69, 9.17) is 4.74 Å². The van der Waals surface area contributed by atoms with Crippen LogP contribution in [0.2, 0.25) is 0 Å². The van der Waals surface area contributed by atoms with Crippen LogP contribution < -0.4 is 10.6 Å². The molecule has 0 saturated carbocycles. The van der Waals surface area contributed by atoms with Crippen molar-refractivity contribution in [3.05, 3.63) is 71.4 Å². The lowest BCUT2D eigenvalue weighted by Gasteiger charge is -2.15. The van der Waals surface area contributed by atoms with E-state index in [1.54, 1.807) is 36.4 Å². The van der Waals surface area contributed by atoms with E-state index in [0.717, 1.165) is 11.1 Å². The average molecular weight is 366 g/mol. The minimum atomic E-state index is -1.04. The fraction of sp³-hybridized carbons (Fsp3) is 0.190. The summed E-state index contributed by atoms with van der Waals surface area (Å²) in [6.45, 7) is 4.70. The maximum atomic E-state index is 12.4. The molecular weight excluding hydrogens is 344 g/mol. The van der Waals surface area contributed by atoms with Crippen LogP contribution in [0.15, 0.2) is 60.3 Å². The Morgan fingerprint density at radius 3 is 2.22 bits per heavy atom. The summed E-state index contributed by atoms with van der Waals surface area (Å²) in [4.78, 5) is 36.0. The van der Waals surface area contributed by atoms with Gasteiger partial charge in [0.1, 0.15) is 5.70 Å². The SMILES string of the molecule is CC(=O)N/C(=C\c1ccccc1)C(=O)O[C@@H](C)C(=O)Nc1ccc(C)cc1. The van der Waals surface area contributed by atoms with Crippen LogP contribution in [0.4, 0.5) is 5.69 Å². The first-order valence-electron chi connectivity index (χ1n) is 8.48. The zero-order chi connectivity index (χ0) is 19.8. The number of hydrogen-bond acceptors (Lipinski definition) is 4. The van der Waals surface area contributed by atoms with E-state index in [9.17, 15) is 14.4 Å². The number of rotatable bonds is 6. The highest BCUT2D eigenvalue weighted by Crippen LogP contribution is 2.11. The molecule has 2 amide bonds. The number of amides is 2. The van der Waals surface area contributed by atoms with Gasteiger partial charge >= 0.3 is 5.97 Å². The van der Waals surface area contributed by atoms with E-state index >= 15 is 0 Å². The van der Waals surface area contributed by atoms with Crippen LogP contribution >= 0.6 is 0 Å². The second-order valence-corrected chi connectivity index (χ2v) is 6.05. The third-order valence-corrected chi connectivity index (χ3v) is 3.61. The molecule has 1 atom stereocenters. The molecule has 0 spiro atoms. The normalized spacial score (nSPS) is 12.0. The number of ether oxygens (including phenoxy) is 1. The molecule has 0 aliphatic heterocycles. The smallest absolute Gasteiger partial charge is 0.355 e. The van der Waals surface area contributed by atoms with Crippen molar-refractivity contribution >= 4 is 29.5 Å². The summed E-state index contributed by atoms with van der Waals surface area (Å²) in [5.74, 6) is -1.67. The summed E-state index contributed by atoms with van der Waals surface area (Å²) < 4.78 is 5.21. The fourth-order valence-corrected chi connectivity index (χ4v) is 2.21. The van der Waals surface area contributed by atoms with Crippen molar-refractivity contribution in [2.24, 2.45) is 0 Å². The Bertz CT molecular complexity index is 842. The molecule has 27 heavy (non-hydrogen) atoms. The molecule has 2 aromatic carbocycles. The molecule has 2 aromatic rings. The minimum Gasteiger partial charge on any atom is -0.448 e. The van der Waals surface area contributed by atoms with Crippen LogP contribution in [-0.4, -0.2) is 23.9 Å². The number of nitrogens with one attached hydrogen (secondary N) is 2. The van der Waals surface area contributed by atoms with Crippen molar-refractivity contribution < 1.29 is 19.1 Å². The highest BCUT2D eigenvalue weighted by Gasteiger charge is 2.21. The van der Waals surface area contributed by atoms with Crippen LogP contribution in [-0.2, 0) is 19.1 Å². The van der Waals surface area contributed by atoms with Crippen molar-refractivity contribution in [3.8, 4) is 0 Å². The largest absolute Gasteiger partial charge is 0.448 e. The standard InChI is InChI=1S/C21H22N2O4/c1-14-9-11-18(12-10-14)23-20(25)15(2)27-21(26)19(22-16(3)24)13-17-7-5-4-6-8-17/h4-13,15H,1-3H3,(H,22,24)(H,23,25)/b19-13-/t15-/m0/s1. The number of benzene rings is 2. The van der Waals surface area contributed by atoms with Crippen molar-refractivity contribution in [2.45, 2.75) is 26.9 Å². The third-order valence-electron chi connectivity index (χ3n) is 3.61. The average Bonchev–Trinajstić information content (AvgIpc) is 2.63. The van der Waals surface area contributed by atoms with Crippen LogP contribution in [0.3, 0.4) is 0 Å². The number of carbonyl (C=O) groups is 3. The third kappa shape index (κ3) is 6.43. The van der Waals surface area contributed by atoms with Gasteiger partial charge < -0.3 is 15.4 Å². The lowest BCUT2D eigenvalue weighted by Crippen LogP contribution is -2.33. The molecule has 2 rings (SSSR count). The summed E-state index contributed by atoms with van der Waals surface area (Å²) >= 11 is 0. The molecule has 0 saturated heterocycles. The Morgan fingerprint density at radius 1 is 1.00 bits per heavy atom. The zero-order valence-corrected chi connectivity index (χ0v) is 15.5. The summed E-state index contributed by atoms with van der Waals surface area (Å²) in [6.07, 6.45) is 0.459. The van der Waals surface area contributed by atoms with Gasteiger partial charge in [-0.1, -0.05) is 48.0 Å². The van der Waals surface area contributed by atoms with Crippen LogP contribution in [0.1, 0.15) is 25.0 Å². The summed E-state index contributed by atoms with van der Waals surface area (Å²) in [5.41, 5.74) is 2.35. The molecule has 0 unspecified atom stereocenters. The lowest BCUT2D eigenvalue weighted by atomic mass is 10.2. The summed E-state index contributed by atoms with van der Waals surface area (Å²) in [7, 11) is 0. The van der Waals surface area contributed by atoms with Crippen molar-refractivity contribution in [2.75, 3.05) is 5.32 Å². The lowest BCUT2D eigenvalue weighted by molar-refractivity contribution is -0.149. The van der Waals surface area contributed by atoms with Gasteiger partial charge in [-0.05, 0) is 37.6 Å². The first-order chi connectivity index (χ1) is 12.8. The maximum absolute atomic E-state index is 12.4. The maximum Gasteiger partial charge on any atom is 0.355 e. The topological polar surface area (TPSA) is 84.5 Å². The zero-order valence-electron chi connectivity index (χ0n) is 15.5. The van der Waals surface area contributed by atoms with E-state index in [1.165, 1.54) is 19.9 Å². The first kappa shape index (κ1) is 19.9. The molecule has 0 heterocycles. The minimum absolute atomic E-state index is 0.0383. The van der Waals surface area contributed by atoms with Crippen LogP contribution in [0.25, 0.3) is 6.08 Å². The van der Waals surface area contributed by atoms with Crippen LogP contribution in [0, 0.1) is 6.92 Å². The Labute approximate surface area is 158 Å². The molecule has 2 N–H and O–H groups in total. The van der Waals surface area contributed by atoms with Gasteiger partial charge in [0, 0.05) is 12.6 Å². The van der Waals surface area contributed by atoms with E-state index in [1.807, 2.05) is 25.1 Å². The van der Waals surface area contributed by atoms with Crippen molar-refractivity contribution in [1.29, 1.82) is 0 Å².